The molecule has 3 heterocycles. The van der Waals surface area contributed by atoms with Crippen LogP contribution < -0.4 is 14.8 Å². The van der Waals surface area contributed by atoms with Gasteiger partial charge >= 0.3 is 6.01 Å². The number of nitrogens with zero attached hydrogens (tertiary/aromatic N) is 2. The molecule has 0 radical (unpaired) electrons. The molecule has 0 unspecified atom stereocenters. The Kier molecular flexibility index (Phi) is 3.93. The third-order valence-corrected chi connectivity index (χ3v) is 4.30. The Balaban J connectivity index is 1.28. The highest BCUT2D eigenvalue weighted by Gasteiger charge is 2.17. The molecule has 4 aromatic rings. The van der Waals surface area contributed by atoms with E-state index in [9.17, 15) is 4.79 Å². The molecule has 8 nitrogen and oxygen atoms in total. The minimum atomic E-state index is -0.453. The Morgan fingerprint density at radius 1 is 0.964 bits per heavy atom. The molecule has 1 aliphatic rings. The molecule has 0 bridgehead atoms. The Morgan fingerprint density at radius 3 is 2.71 bits per heavy atom. The van der Waals surface area contributed by atoms with E-state index in [4.69, 9.17) is 18.3 Å². The predicted octanol–water partition coefficient (Wildman–Crippen LogP) is 3.43. The van der Waals surface area contributed by atoms with Crippen molar-refractivity contribution in [2.75, 3.05) is 18.5 Å². The van der Waals surface area contributed by atoms with Crippen LogP contribution in [-0.4, -0.2) is 29.3 Å². The molecule has 140 valence electrons. The van der Waals surface area contributed by atoms with E-state index in [1.165, 1.54) is 0 Å². The number of amides is 1. The number of fused-ring (bicyclic) bond motifs is 2. The average Bonchev–Trinajstić information content (AvgIpc) is 3.34. The van der Waals surface area contributed by atoms with Crippen molar-refractivity contribution < 1.29 is 23.1 Å². The van der Waals surface area contributed by atoms with Gasteiger partial charge in [0, 0.05) is 5.39 Å². The second kappa shape index (κ2) is 6.73. The number of carbonyl (C=O) groups is 1. The van der Waals surface area contributed by atoms with E-state index in [1.54, 1.807) is 12.1 Å². The number of anilines is 1. The predicted molar refractivity (Wildman–Crippen MR) is 98.7 cm³/mol. The third-order valence-electron chi connectivity index (χ3n) is 4.30. The second-order valence-corrected chi connectivity index (χ2v) is 6.26. The lowest BCUT2D eigenvalue weighted by atomic mass is 10.1. The van der Waals surface area contributed by atoms with Crippen LogP contribution in [0.4, 0.5) is 6.01 Å². The van der Waals surface area contributed by atoms with Crippen LogP contribution in [0.1, 0.15) is 22.0 Å². The summed E-state index contributed by atoms with van der Waals surface area (Å²) >= 11 is 0. The maximum atomic E-state index is 12.3. The number of carbonyl (C=O) groups excluding carboxylic acids is 1. The van der Waals surface area contributed by atoms with Gasteiger partial charge < -0.3 is 18.3 Å². The zero-order valence-corrected chi connectivity index (χ0v) is 14.7. The summed E-state index contributed by atoms with van der Waals surface area (Å²) in [7, 11) is 0. The van der Waals surface area contributed by atoms with Gasteiger partial charge in [0.25, 0.3) is 5.91 Å². The minimum Gasteiger partial charge on any atom is -0.486 e. The van der Waals surface area contributed by atoms with Crippen molar-refractivity contribution >= 4 is 22.9 Å². The monoisotopic (exact) mass is 377 g/mol. The smallest absolute Gasteiger partial charge is 0.322 e. The maximum absolute atomic E-state index is 12.3. The molecule has 0 fully saturated rings. The van der Waals surface area contributed by atoms with Crippen LogP contribution in [-0.2, 0) is 6.42 Å². The van der Waals surface area contributed by atoms with Gasteiger partial charge in [-0.2, -0.15) is 0 Å². The molecule has 0 saturated carbocycles. The van der Waals surface area contributed by atoms with Gasteiger partial charge in [0.15, 0.2) is 17.3 Å². The van der Waals surface area contributed by atoms with Gasteiger partial charge in [-0.05, 0) is 29.8 Å². The third kappa shape index (κ3) is 3.16. The van der Waals surface area contributed by atoms with Crippen LogP contribution in [0.15, 0.2) is 57.4 Å². The molecule has 1 aliphatic heterocycles. The standard InChI is InChI=1S/C20H15N3O5/c24-19(17-11-13-3-1-2-4-14(13)27-17)21-20-23-22-18(28-20)10-12-5-6-15-16(9-12)26-8-7-25-15/h1-6,9,11H,7-8,10H2,(H,21,23,24). The van der Waals surface area contributed by atoms with Gasteiger partial charge in [-0.1, -0.05) is 29.4 Å². The molecule has 28 heavy (non-hydrogen) atoms. The summed E-state index contributed by atoms with van der Waals surface area (Å²) in [6.07, 6.45) is 0.407. The largest absolute Gasteiger partial charge is 0.486 e. The average molecular weight is 377 g/mol. The zero-order valence-electron chi connectivity index (χ0n) is 14.7. The first kappa shape index (κ1) is 16.4. The molecule has 0 aliphatic carbocycles. The van der Waals surface area contributed by atoms with E-state index in [2.05, 4.69) is 15.5 Å². The maximum Gasteiger partial charge on any atom is 0.322 e. The fourth-order valence-electron chi connectivity index (χ4n) is 3.00. The van der Waals surface area contributed by atoms with Gasteiger partial charge in [0.05, 0.1) is 6.42 Å². The normalized spacial score (nSPS) is 12.9. The number of hydrogen-bond acceptors (Lipinski definition) is 7. The lowest BCUT2D eigenvalue weighted by Crippen LogP contribution is -2.15. The highest BCUT2D eigenvalue weighted by molar-refractivity contribution is 6.03. The highest BCUT2D eigenvalue weighted by Crippen LogP contribution is 2.31. The van der Waals surface area contributed by atoms with Crippen molar-refractivity contribution in [1.29, 1.82) is 0 Å². The minimum absolute atomic E-state index is 0.0120. The van der Waals surface area contributed by atoms with Gasteiger partial charge in [-0.25, -0.2) is 0 Å². The fraction of sp³-hybridized carbons (Fsp3) is 0.150. The summed E-state index contributed by atoms with van der Waals surface area (Å²) in [5.74, 6) is 1.51. The lowest BCUT2D eigenvalue weighted by Gasteiger charge is -2.18. The van der Waals surface area contributed by atoms with Crippen LogP contribution >= 0.6 is 0 Å². The van der Waals surface area contributed by atoms with E-state index < -0.39 is 5.91 Å². The highest BCUT2D eigenvalue weighted by atomic mass is 16.6. The molecule has 0 spiro atoms. The Bertz CT molecular complexity index is 1130. The number of benzene rings is 2. The molecule has 1 N–H and O–H groups in total. The topological polar surface area (TPSA) is 99.6 Å². The van der Waals surface area contributed by atoms with E-state index in [1.807, 2.05) is 36.4 Å². The van der Waals surface area contributed by atoms with Crippen LogP contribution in [0, 0.1) is 0 Å². The van der Waals surface area contributed by atoms with E-state index in [-0.39, 0.29) is 11.8 Å². The molecular weight excluding hydrogens is 362 g/mol. The van der Waals surface area contributed by atoms with Crippen molar-refractivity contribution in [2.45, 2.75) is 6.42 Å². The van der Waals surface area contributed by atoms with Crippen LogP contribution in [0.5, 0.6) is 11.5 Å². The first-order valence-electron chi connectivity index (χ1n) is 8.75. The SMILES string of the molecule is O=C(Nc1nnc(Cc2ccc3c(c2)OCCO3)o1)c1cc2ccccc2o1. The van der Waals surface area contributed by atoms with Crippen molar-refractivity contribution in [3.8, 4) is 11.5 Å². The van der Waals surface area contributed by atoms with Gasteiger partial charge in [-0.3, -0.25) is 10.1 Å². The van der Waals surface area contributed by atoms with Gasteiger partial charge in [0.1, 0.15) is 18.8 Å². The quantitative estimate of drug-likeness (QED) is 0.581. The van der Waals surface area contributed by atoms with Crippen LogP contribution in [0.25, 0.3) is 11.0 Å². The van der Waals surface area contributed by atoms with Crippen LogP contribution in [0.2, 0.25) is 0 Å². The number of ether oxygens (including phenoxy) is 2. The Labute approximate surface area is 159 Å². The first-order valence-corrected chi connectivity index (χ1v) is 8.75. The first-order chi connectivity index (χ1) is 13.7. The number of furan rings is 1. The molecule has 8 heteroatoms. The lowest BCUT2D eigenvalue weighted by molar-refractivity contribution is 0.0995. The van der Waals surface area contributed by atoms with Crippen molar-refractivity contribution in [3.63, 3.8) is 0 Å². The molecule has 2 aromatic carbocycles. The summed E-state index contributed by atoms with van der Waals surface area (Å²) in [4.78, 5) is 12.3. The number of nitrogens with one attached hydrogen (secondary N) is 1. The molecule has 2 aromatic heterocycles. The molecule has 1 amide bonds. The Morgan fingerprint density at radius 2 is 1.82 bits per heavy atom. The Hall–Kier alpha value is -3.81. The van der Waals surface area contributed by atoms with Crippen molar-refractivity contribution in [1.82, 2.24) is 10.2 Å². The molecular formula is C20H15N3O5. The number of hydrogen-bond donors (Lipinski definition) is 1. The second-order valence-electron chi connectivity index (χ2n) is 6.26. The number of rotatable bonds is 4. The molecule has 0 saturated heterocycles. The summed E-state index contributed by atoms with van der Waals surface area (Å²) in [6.45, 7) is 1.07. The number of aromatic nitrogens is 2. The van der Waals surface area contributed by atoms with Crippen molar-refractivity contribution in [3.05, 3.63) is 65.7 Å². The summed E-state index contributed by atoms with van der Waals surface area (Å²) in [5, 5.41) is 11.3. The number of para-hydroxylation sites is 1. The van der Waals surface area contributed by atoms with Crippen molar-refractivity contribution in [2.24, 2.45) is 0 Å². The summed E-state index contributed by atoms with van der Waals surface area (Å²) < 4.78 is 22.1. The molecule has 5 rings (SSSR count). The van der Waals surface area contributed by atoms with Crippen LogP contribution in [0.3, 0.4) is 0 Å². The zero-order chi connectivity index (χ0) is 18.9. The van der Waals surface area contributed by atoms with E-state index >= 15 is 0 Å². The fourth-order valence-corrected chi connectivity index (χ4v) is 3.00. The van der Waals surface area contributed by atoms with E-state index in [0.717, 1.165) is 16.7 Å². The summed E-state index contributed by atoms with van der Waals surface area (Å²) in [6, 6.07) is 14.7. The van der Waals surface area contributed by atoms with Gasteiger partial charge in [0.2, 0.25) is 5.89 Å². The summed E-state index contributed by atoms with van der Waals surface area (Å²) in [5.41, 5.74) is 1.57. The van der Waals surface area contributed by atoms with Gasteiger partial charge in [-0.15, -0.1) is 5.10 Å². The molecule has 0 atom stereocenters. The van der Waals surface area contributed by atoms with E-state index in [0.29, 0.717) is 36.9 Å².